The Labute approximate surface area is 269 Å². The van der Waals surface area contributed by atoms with Crippen LogP contribution in [-0.4, -0.2) is 9.55 Å². The fourth-order valence-electron chi connectivity index (χ4n) is 8.18. The lowest BCUT2D eigenvalue weighted by Gasteiger charge is -2.40. The van der Waals surface area contributed by atoms with Crippen molar-refractivity contribution in [1.82, 2.24) is 9.55 Å². The standard InChI is InChI=1S/C44H32N2/c1-3-5-17-29(4-2)34-28-38(30-18-8-6-9-19-30)45-43-41(34)33-21-12-14-23-35(33)44(43)36-24-10-7-11-27-40(36)46-39-26-15-13-20-31(39)32-22-16-25-37(44)42(32)46/h3-23,25-28H,2,24H2,1H3/b5-3-,29-17+. The molecule has 3 heterocycles. The number of pyridine rings is 1. The molecular weight excluding hydrogens is 556 g/mol. The summed E-state index contributed by atoms with van der Waals surface area (Å²) in [5, 5.41) is 2.55. The van der Waals surface area contributed by atoms with Gasteiger partial charge in [-0.2, -0.15) is 0 Å². The molecule has 46 heavy (non-hydrogen) atoms. The summed E-state index contributed by atoms with van der Waals surface area (Å²) in [7, 11) is 0. The molecule has 0 amide bonds. The van der Waals surface area contributed by atoms with Crippen molar-refractivity contribution < 1.29 is 0 Å². The lowest BCUT2D eigenvalue weighted by atomic mass is 9.65. The molecule has 0 N–H and O–H groups in total. The first-order chi connectivity index (χ1) is 22.8. The van der Waals surface area contributed by atoms with E-state index in [2.05, 4.69) is 164 Å². The van der Waals surface area contributed by atoms with Crippen molar-refractivity contribution in [2.24, 2.45) is 0 Å². The molecule has 0 saturated heterocycles. The predicted molar refractivity (Wildman–Crippen MR) is 194 cm³/mol. The monoisotopic (exact) mass is 588 g/mol. The Morgan fingerprint density at radius 2 is 1.63 bits per heavy atom. The molecule has 218 valence electrons. The third-order valence-electron chi connectivity index (χ3n) is 9.97. The van der Waals surface area contributed by atoms with E-state index < -0.39 is 5.41 Å². The van der Waals surface area contributed by atoms with Gasteiger partial charge in [0, 0.05) is 27.6 Å². The first-order valence-electron chi connectivity index (χ1n) is 16.0. The number of rotatable bonds is 4. The van der Waals surface area contributed by atoms with Crippen LogP contribution in [0.3, 0.4) is 0 Å². The summed E-state index contributed by atoms with van der Waals surface area (Å²) in [5.74, 6) is 0. The number of fused-ring (bicyclic) bond motifs is 11. The van der Waals surface area contributed by atoms with Gasteiger partial charge in [-0.3, -0.25) is 4.98 Å². The molecule has 0 saturated carbocycles. The first kappa shape index (κ1) is 26.7. The van der Waals surface area contributed by atoms with Crippen LogP contribution >= 0.6 is 0 Å². The molecule has 0 bridgehead atoms. The fraction of sp³-hybridized carbons (Fsp3) is 0.0682. The number of aromatic nitrogens is 2. The average Bonchev–Trinajstić information content (AvgIpc) is 3.46. The summed E-state index contributed by atoms with van der Waals surface area (Å²) in [6, 6.07) is 37.6. The highest BCUT2D eigenvalue weighted by atomic mass is 15.0. The van der Waals surface area contributed by atoms with Gasteiger partial charge in [-0.1, -0.05) is 140 Å². The molecular formula is C44H32N2. The van der Waals surface area contributed by atoms with Gasteiger partial charge in [0.2, 0.25) is 0 Å². The highest BCUT2D eigenvalue weighted by Gasteiger charge is 2.53. The van der Waals surface area contributed by atoms with Gasteiger partial charge in [-0.05, 0) is 65.0 Å². The van der Waals surface area contributed by atoms with Crippen LogP contribution in [0.5, 0.6) is 0 Å². The van der Waals surface area contributed by atoms with Crippen molar-refractivity contribution >= 4 is 33.1 Å². The van der Waals surface area contributed by atoms with Crippen LogP contribution in [0, 0.1) is 0 Å². The molecule has 2 nitrogen and oxygen atoms in total. The van der Waals surface area contributed by atoms with Crippen molar-refractivity contribution in [3.63, 3.8) is 0 Å². The minimum absolute atomic E-state index is 0.587. The maximum atomic E-state index is 5.74. The van der Waals surface area contributed by atoms with Crippen LogP contribution in [0.15, 0.2) is 164 Å². The second-order valence-corrected chi connectivity index (χ2v) is 12.2. The number of hydrogen-bond acceptors (Lipinski definition) is 1. The summed E-state index contributed by atoms with van der Waals surface area (Å²) >= 11 is 0. The third-order valence-corrected chi connectivity index (χ3v) is 9.97. The molecule has 9 rings (SSSR count). The molecule has 2 aromatic heterocycles. The minimum Gasteiger partial charge on any atom is -0.309 e. The smallest absolute Gasteiger partial charge is 0.0893 e. The van der Waals surface area contributed by atoms with Crippen molar-refractivity contribution in [1.29, 1.82) is 0 Å². The molecule has 6 aromatic rings. The van der Waals surface area contributed by atoms with E-state index in [9.17, 15) is 0 Å². The predicted octanol–water partition coefficient (Wildman–Crippen LogP) is 11.1. The second kappa shape index (κ2) is 10.2. The zero-order valence-corrected chi connectivity index (χ0v) is 25.7. The number of para-hydroxylation sites is 2. The molecule has 0 fully saturated rings. The maximum Gasteiger partial charge on any atom is 0.0893 e. The highest BCUT2D eigenvalue weighted by Crippen LogP contribution is 2.62. The van der Waals surface area contributed by atoms with E-state index in [0.717, 1.165) is 34.5 Å². The first-order valence-corrected chi connectivity index (χ1v) is 16.0. The number of benzene rings is 4. The fourth-order valence-corrected chi connectivity index (χ4v) is 8.18. The Kier molecular flexibility index (Phi) is 5.88. The van der Waals surface area contributed by atoms with E-state index >= 15 is 0 Å². The van der Waals surface area contributed by atoms with Gasteiger partial charge in [0.15, 0.2) is 0 Å². The van der Waals surface area contributed by atoms with Crippen LogP contribution in [0.1, 0.15) is 35.7 Å². The van der Waals surface area contributed by atoms with E-state index in [1.54, 1.807) is 0 Å². The summed E-state index contributed by atoms with van der Waals surface area (Å²) in [6.45, 7) is 6.34. The van der Waals surface area contributed by atoms with Gasteiger partial charge < -0.3 is 4.57 Å². The third kappa shape index (κ3) is 3.44. The van der Waals surface area contributed by atoms with Crippen LogP contribution in [0.2, 0.25) is 0 Å². The second-order valence-electron chi connectivity index (χ2n) is 12.2. The Bertz CT molecular complexity index is 2410. The van der Waals surface area contributed by atoms with Gasteiger partial charge >= 0.3 is 0 Å². The van der Waals surface area contributed by atoms with E-state index in [1.165, 1.54) is 55.3 Å². The molecule has 1 unspecified atom stereocenters. The summed E-state index contributed by atoms with van der Waals surface area (Å²) in [4.78, 5) is 5.74. The van der Waals surface area contributed by atoms with Crippen LogP contribution < -0.4 is 0 Å². The average molecular weight is 589 g/mol. The molecule has 1 aliphatic heterocycles. The Hall–Kier alpha value is -5.73. The SMILES string of the molecule is C=C/C(=C\C=C/C)c1cc(-c2ccccc2)nc2c1-c1ccccc1C21C2=C(C=CC=CC2)n2c3ccccc3c3cccc1c32. The Balaban J connectivity index is 1.52. The molecule has 3 aliphatic rings. The van der Waals surface area contributed by atoms with E-state index in [1.807, 2.05) is 6.08 Å². The van der Waals surface area contributed by atoms with Gasteiger partial charge in [0.05, 0.1) is 27.8 Å². The molecule has 1 atom stereocenters. The van der Waals surface area contributed by atoms with Gasteiger partial charge in [-0.15, -0.1) is 0 Å². The van der Waals surface area contributed by atoms with Crippen LogP contribution in [0.25, 0.3) is 55.5 Å². The topological polar surface area (TPSA) is 17.8 Å². The molecule has 4 aromatic carbocycles. The van der Waals surface area contributed by atoms with Gasteiger partial charge in [-0.25, -0.2) is 0 Å². The van der Waals surface area contributed by atoms with Gasteiger partial charge in [0.1, 0.15) is 0 Å². The van der Waals surface area contributed by atoms with Crippen LogP contribution in [-0.2, 0) is 5.41 Å². The normalized spacial score (nSPS) is 18.0. The molecule has 2 heteroatoms. The number of nitrogens with zero attached hydrogens (tertiary/aromatic N) is 2. The highest BCUT2D eigenvalue weighted by molar-refractivity contribution is 6.14. The maximum absolute atomic E-state index is 5.74. The van der Waals surface area contributed by atoms with E-state index in [-0.39, 0.29) is 0 Å². The molecule has 1 spiro atoms. The summed E-state index contributed by atoms with van der Waals surface area (Å²) in [5.41, 5.74) is 14.9. The molecule has 2 aliphatic carbocycles. The zero-order chi connectivity index (χ0) is 30.8. The molecule has 0 radical (unpaired) electrons. The van der Waals surface area contributed by atoms with Crippen molar-refractivity contribution in [2.75, 3.05) is 0 Å². The lowest BCUT2D eigenvalue weighted by Crippen LogP contribution is -2.35. The lowest BCUT2D eigenvalue weighted by molar-refractivity contribution is 0.694. The number of allylic oxidation sites excluding steroid dienone is 11. The summed E-state index contributed by atoms with van der Waals surface area (Å²) in [6.07, 6.45) is 18.1. The van der Waals surface area contributed by atoms with Gasteiger partial charge in [0.25, 0.3) is 0 Å². The van der Waals surface area contributed by atoms with Crippen molar-refractivity contribution in [2.45, 2.75) is 18.8 Å². The number of hydrogen-bond donors (Lipinski definition) is 0. The Morgan fingerprint density at radius 1 is 0.848 bits per heavy atom. The van der Waals surface area contributed by atoms with Crippen LogP contribution in [0.4, 0.5) is 0 Å². The minimum atomic E-state index is -0.587. The van der Waals surface area contributed by atoms with E-state index in [0.29, 0.717) is 0 Å². The zero-order valence-electron chi connectivity index (χ0n) is 25.7. The van der Waals surface area contributed by atoms with Crippen molar-refractivity contribution in [3.8, 4) is 22.4 Å². The Morgan fingerprint density at radius 3 is 2.50 bits per heavy atom. The quantitative estimate of drug-likeness (QED) is 0.187. The van der Waals surface area contributed by atoms with Crippen molar-refractivity contribution in [3.05, 3.63) is 186 Å². The largest absolute Gasteiger partial charge is 0.309 e. The summed E-state index contributed by atoms with van der Waals surface area (Å²) < 4.78 is 2.51. The van der Waals surface area contributed by atoms with E-state index in [4.69, 9.17) is 4.98 Å².